The Morgan fingerprint density at radius 2 is 2.00 bits per heavy atom. The number of nitrogens with one attached hydrogen (secondary N) is 1. The fourth-order valence-corrected chi connectivity index (χ4v) is 3.26. The van der Waals surface area contributed by atoms with Crippen molar-refractivity contribution in [3.05, 3.63) is 28.2 Å². The van der Waals surface area contributed by atoms with Crippen LogP contribution in [0, 0.1) is 0 Å². The molecule has 0 aliphatic heterocycles. The largest absolute Gasteiger partial charge is 0.310 e. The lowest BCUT2D eigenvalue weighted by Crippen LogP contribution is -2.19. The van der Waals surface area contributed by atoms with Gasteiger partial charge in [0.05, 0.1) is 0 Å². The number of thioether (sulfide) groups is 1. The Labute approximate surface area is 124 Å². The highest BCUT2D eigenvalue weighted by Gasteiger charge is 2.09. The second-order valence-corrected chi connectivity index (χ2v) is 7.04. The van der Waals surface area contributed by atoms with Crippen LogP contribution in [0.15, 0.2) is 27.6 Å². The first kappa shape index (κ1) is 16.1. The third-order valence-corrected chi connectivity index (χ3v) is 5.32. The van der Waals surface area contributed by atoms with Crippen LogP contribution in [-0.2, 0) is 0 Å². The van der Waals surface area contributed by atoms with E-state index in [9.17, 15) is 0 Å². The number of halogens is 1. The summed E-state index contributed by atoms with van der Waals surface area (Å²) in [6.07, 6.45) is 2.38. The molecule has 2 atom stereocenters. The fraction of sp³-hybridized carbons (Fsp3) is 0.600. The molecule has 0 fully saturated rings. The average molecular weight is 330 g/mol. The molecule has 0 saturated carbocycles. The molecule has 102 valence electrons. The topological polar surface area (TPSA) is 12.0 Å². The van der Waals surface area contributed by atoms with E-state index in [-0.39, 0.29) is 0 Å². The lowest BCUT2D eigenvalue weighted by atomic mass is 10.1. The summed E-state index contributed by atoms with van der Waals surface area (Å²) < 4.78 is 1.22. The van der Waals surface area contributed by atoms with Crippen LogP contribution in [0.25, 0.3) is 0 Å². The van der Waals surface area contributed by atoms with Crippen molar-refractivity contribution < 1.29 is 0 Å². The van der Waals surface area contributed by atoms with Gasteiger partial charge in [0.15, 0.2) is 0 Å². The summed E-state index contributed by atoms with van der Waals surface area (Å²) in [4.78, 5) is 1.34. The molecular formula is C15H24BrNS. The van der Waals surface area contributed by atoms with Gasteiger partial charge in [0, 0.05) is 20.7 Å². The summed E-state index contributed by atoms with van der Waals surface area (Å²) in [6.45, 7) is 10.00. The first-order chi connectivity index (χ1) is 8.58. The molecule has 0 aliphatic rings. The predicted octanol–water partition coefficient (Wildman–Crippen LogP) is 5.40. The van der Waals surface area contributed by atoms with Crippen LogP contribution in [0.3, 0.4) is 0 Å². The van der Waals surface area contributed by atoms with Crippen LogP contribution in [-0.4, -0.2) is 11.8 Å². The lowest BCUT2D eigenvalue weighted by molar-refractivity contribution is 0.570. The predicted molar refractivity (Wildman–Crippen MR) is 86.5 cm³/mol. The van der Waals surface area contributed by atoms with Crippen LogP contribution in [0.2, 0.25) is 0 Å². The molecule has 1 aromatic carbocycles. The number of hydrogen-bond donors (Lipinski definition) is 1. The highest BCUT2D eigenvalue weighted by Crippen LogP contribution is 2.33. The summed E-state index contributed by atoms with van der Waals surface area (Å²) in [5, 5.41) is 4.19. The van der Waals surface area contributed by atoms with Crippen molar-refractivity contribution in [1.82, 2.24) is 5.32 Å². The van der Waals surface area contributed by atoms with Crippen molar-refractivity contribution in [2.75, 3.05) is 6.54 Å². The molecule has 18 heavy (non-hydrogen) atoms. The van der Waals surface area contributed by atoms with Gasteiger partial charge in [0.25, 0.3) is 0 Å². The van der Waals surface area contributed by atoms with Crippen molar-refractivity contribution in [2.24, 2.45) is 0 Å². The fourth-order valence-electron chi connectivity index (χ4n) is 1.66. The van der Waals surface area contributed by atoms with Crippen LogP contribution in [0.5, 0.6) is 0 Å². The van der Waals surface area contributed by atoms with E-state index in [1.807, 2.05) is 11.8 Å². The third-order valence-electron chi connectivity index (χ3n) is 3.06. The zero-order chi connectivity index (χ0) is 13.5. The molecule has 1 aromatic rings. The van der Waals surface area contributed by atoms with Gasteiger partial charge in [0.1, 0.15) is 0 Å². The monoisotopic (exact) mass is 329 g/mol. The Morgan fingerprint density at radius 1 is 1.28 bits per heavy atom. The van der Waals surface area contributed by atoms with Gasteiger partial charge in [-0.1, -0.05) is 26.8 Å². The average Bonchev–Trinajstić information content (AvgIpc) is 2.38. The summed E-state index contributed by atoms with van der Waals surface area (Å²) in [6, 6.07) is 7.14. The highest BCUT2D eigenvalue weighted by atomic mass is 79.9. The normalized spacial score (nSPS) is 14.5. The van der Waals surface area contributed by atoms with Crippen LogP contribution in [0.4, 0.5) is 0 Å². The SMILES string of the molecule is CCCNC(C)c1ccc(SC(C)CC)c(Br)c1. The molecule has 0 amide bonds. The molecule has 0 heterocycles. The summed E-state index contributed by atoms with van der Waals surface area (Å²) in [7, 11) is 0. The third kappa shape index (κ3) is 4.94. The van der Waals surface area contributed by atoms with E-state index in [2.05, 4.69) is 67.1 Å². The van der Waals surface area contributed by atoms with E-state index in [0.29, 0.717) is 11.3 Å². The second kappa shape index (κ2) is 8.23. The van der Waals surface area contributed by atoms with Crippen molar-refractivity contribution in [3.63, 3.8) is 0 Å². The van der Waals surface area contributed by atoms with E-state index in [1.165, 1.54) is 27.8 Å². The molecule has 2 unspecified atom stereocenters. The number of rotatable bonds is 7. The zero-order valence-electron chi connectivity index (χ0n) is 11.8. The number of benzene rings is 1. The van der Waals surface area contributed by atoms with Gasteiger partial charge in [-0.15, -0.1) is 11.8 Å². The molecule has 0 aliphatic carbocycles. The molecular weight excluding hydrogens is 306 g/mol. The second-order valence-electron chi connectivity index (χ2n) is 4.70. The molecule has 0 aromatic heterocycles. The van der Waals surface area contributed by atoms with Crippen molar-refractivity contribution in [1.29, 1.82) is 0 Å². The first-order valence-corrected chi connectivity index (χ1v) is 8.45. The molecule has 0 saturated heterocycles. The Bertz CT molecular complexity index is 368. The first-order valence-electron chi connectivity index (χ1n) is 6.77. The maximum absolute atomic E-state index is 3.69. The molecule has 1 nitrogen and oxygen atoms in total. The summed E-state index contributed by atoms with van der Waals surface area (Å²) >= 11 is 5.63. The van der Waals surface area contributed by atoms with Gasteiger partial charge in [-0.05, 0) is 59.9 Å². The molecule has 0 spiro atoms. The van der Waals surface area contributed by atoms with E-state index < -0.39 is 0 Å². The summed E-state index contributed by atoms with van der Waals surface area (Å²) in [5.74, 6) is 0. The van der Waals surface area contributed by atoms with Crippen molar-refractivity contribution >= 4 is 27.7 Å². The Hall–Kier alpha value is 0.01000. The molecule has 0 radical (unpaired) electrons. The van der Waals surface area contributed by atoms with Gasteiger partial charge in [-0.25, -0.2) is 0 Å². The quantitative estimate of drug-likeness (QED) is 0.672. The van der Waals surface area contributed by atoms with Gasteiger partial charge < -0.3 is 5.32 Å². The van der Waals surface area contributed by atoms with Crippen LogP contribution in [0.1, 0.15) is 52.1 Å². The molecule has 3 heteroatoms. The minimum atomic E-state index is 0.420. The van der Waals surface area contributed by atoms with Crippen LogP contribution >= 0.6 is 27.7 Å². The number of hydrogen-bond acceptors (Lipinski definition) is 2. The van der Waals surface area contributed by atoms with Gasteiger partial charge in [-0.2, -0.15) is 0 Å². The van der Waals surface area contributed by atoms with E-state index in [1.54, 1.807) is 0 Å². The van der Waals surface area contributed by atoms with Gasteiger partial charge >= 0.3 is 0 Å². The van der Waals surface area contributed by atoms with E-state index >= 15 is 0 Å². The maximum atomic E-state index is 3.69. The molecule has 0 bridgehead atoms. The van der Waals surface area contributed by atoms with E-state index in [4.69, 9.17) is 0 Å². The lowest BCUT2D eigenvalue weighted by Gasteiger charge is -2.16. The van der Waals surface area contributed by atoms with Gasteiger partial charge in [0.2, 0.25) is 0 Å². The Morgan fingerprint density at radius 3 is 2.56 bits per heavy atom. The molecule has 1 rings (SSSR count). The minimum absolute atomic E-state index is 0.420. The van der Waals surface area contributed by atoms with Crippen molar-refractivity contribution in [2.45, 2.75) is 56.7 Å². The smallest absolute Gasteiger partial charge is 0.0314 e. The Kier molecular flexibility index (Phi) is 7.35. The maximum Gasteiger partial charge on any atom is 0.0314 e. The zero-order valence-corrected chi connectivity index (χ0v) is 14.2. The minimum Gasteiger partial charge on any atom is -0.310 e. The summed E-state index contributed by atoms with van der Waals surface area (Å²) in [5.41, 5.74) is 1.35. The highest BCUT2D eigenvalue weighted by molar-refractivity contribution is 9.10. The van der Waals surface area contributed by atoms with Gasteiger partial charge in [-0.3, -0.25) is 0 Å². The van der Waals surface area contributed by atoms with Crippen molar-refractivity contribution in [3.8, 4) is 0 Å². The van der Waals surface area contributed by atoms with Crippen LogP contribution < -0.4 is 5.32 Å². The van der Waals surface area contributed by atoms with E-state index in [0.717, 1.165) is 6.54 Å². The Balaban J connectivity index is 2.72. The molecule has 1 N–H and O–H groups in total. The standard InChI is InChI=1S/C15H24BrNS/c1-5-9-17-12(4)13-7-8-15(14(16)10-13)18-11(3)6-2/h7-8,10-12,17H,5-6,9H2,1-4H3.